The van der Waals surface area contributed by atoms with Gasteiger partial charge in [0.05, 0.1) is 43.9 Å². The zero-order valence-corrected chi connectivity index (χ0v) is 23.9. The van der Waals surface area contributed by atoms with E-state index in [4.69, 9.17) is 38.9 Å². The molecule has 15 heteroatoms. The van der Waals surface area contributed by atoms with Gasteiger partial charge in [0.1, 0.15) is 12.1 Å². The summed E-state index contributed by atoms with van der Waals surface area (Å²) < 4.78 is 0. The summed E-state index contributed by atoms with van der Waals surface area (Å²) >= 11 is 0. The van der Waals surface area contributed by atoms with Gasteiger partial charge in [0.15, 0.2) is 0 Å². The third kappa shape index (κ3) is 7.12. The fourth-order valence-corrected chi connectivity index (χ4v) is 4.80. The maximum Gasteiger partial charge on any atom is 0.320 e. The minimum atomic E-state index is -1.17. The SMILES string of the molecule is Nc1ccc([N+](=O)[O-])c2c(CC(N)C(=O)O)c[nH]c12.Nc1cccc2c(CC(N)C(=O)O)c[nH]c12.Nc1cccc2cc[nH]c12. The average Bonchev–Trinajstić information content (AvgIpc) is 3.74. The van der Waals surface area contributed by atoms with Gasteiger partial charge in [-0.05, 0) is 35.4 Å². The highest BCUT2D eigenvalue weighted by Gasteiger charge is 2.22. The quantitative estimate of drug-likeness (QED) is 0.0706. The normalized spacial score (nSPS) is 12.1. The van der Waals surface area contributed by atoms with Crippen molar-refractivity contribution in [2.75, 3.05) is 17.2 Å². The molecule has 3 aromatic carbocycles. The average molecular weight is 616 g/mol. The fourth-order valence-electron chi connectivity index (χ4n) is 4.80. The Morgan fingerprint density at radius 3 is 1.91 bits per heavy atom. The minimum absolute atomic E-state index is 0.0143. The number of nitrogens with one attached hydrogen (secondary N) is 3. The summed E-state index contributed by atoms with van der Waals surface area (Å²) in [5.41, 5.74) is 33.4. The summed E-state index contributed by atoms with van der Waals surface area (Å²) in [5.74, 6) is -2.17. The van der Waals surface area contributed by atoms with E-state index in [0.717, 1.165) is 27.7 Å². The molecule has 6 rings (SSSR count). The summed E-state index contributed by atoms with van der Waals surface area (Å²) in [6.45, 7) is 0. The number of aliphatic carboxylic acids is 2. The molecule has 45 heavy (non-hydrogen) atoms. The van der Waals surface area contributed by atoms with Gasteiger partial charge in [-0.15, -0.1) is 0 Å². The van der Waals surface area contributed by atoms with E-state index < -0.39 is 28.9 Å². The molecule has 0 spiro atoms. The van der Waals surface area contributed by atoms with E-state index in [0.29, 0.717) is 34.3 Å². The number of para-hydroxylation sites is 2. The van der Waals surface area contributed by atoms with Crippen LogP contribution in [0.5, 0.6) is 0 Å². The molecule has 0 aliphatic heterocycles. The number of aromatic nitrogens is 3. The Labute approximate surface area is 255 Å². The number of H-pyrrole nitrogens is 3. The van der Waals surface area contributed by atoms with E-state index in [1.165, 1.54) is 23.7 Å². The van der Waals surface area contributed by atoms with Crippen LogP contribution < -0.4 is 28.7 Å². The second kappa shape index (κ2) is 13.5. The van der Waals surface area contributed by atoms with E-state index in [9.17, 15) is 19.7 Å². The molecule has 0 bridgehead atoms. The van der Waals surface area contributed by atoms with Crippen molar-refractivity contribution in [3.05, 3.63) is 94.4 Å². The second-order valence-electron chi connectivity index (χ2n) is 10.2. The number of nitrogen functional groups attached to an aromatic ring is 3. The van der Waals surface area contributed by atoms with Crippen molar-refractivity contribution in [3.63, 3.8) is 0 Å². The molecule has 0 radical (unpaired) electrons. The highest BCUT2D eigenvalue weighted by Crippen LogP contribution is 2.33. The maximum atomic E-state index is 11.0. The van der Waals surface area contributed by atoms with Gasteiger partial charge in [-0.1, -0.05) is 24.3 Å². The third-order valence-corrected chi connectivity index (χ3v) is 7.09. The Hall–Kier alpha value is -6.06. The number of anilines is 3. The van der Waals surface area contributed by atoms with Gasteiger partial charge in [-0.25, -0.2) is 0 Å². The zero-order chi connectivity index (χ0) is 32.8. The summed E-state index contributed by atoms with van der Waals surface area (Å²) in [4.78, 5) is 40.8. The Kier molecular flexibility index (Phi) is 9.56. The topological polar surface area (TPSA) is 295 Å². The first kappa shape index (κ1) is 31.9. The number of rotatable bonds is 7. The lowest BCUT2D eigenvalue weighted by Crippen LogP contribution is -2.32. The molecule has 0 fully saturated rings. The van der Waals surface area contributed by atoms with Crippen LogP contribution in [0, 0.1) is 10.1 Å². The van der Waals surface area contributed by atoms with Crippen LogP contribution in [0.2, 0.25) is 0 Å². The molecule has 15 N–H and O–H groups in total. The van der Waals surface area contributed by atoms with Crippen LogP contribution in [-0.4, -0.2) is 54.1 Å². The number of nitro groups is 1. The number of nitro benzene ring substituents is 1. The highest BCUT2D eigenvalue weighted by atomic mass is 16.6. The Morgan fingerprint density at radius 2 is 1.29 bits per heavy atom. The minimum Gasteiger partial charge on any atom is -0.480 e. The number of hydrogen-bond donors (Lipinski definition) is 10. The molecule has 234 valence electrons. The Balaban J connectivity index is 0.000000160. The smallest absolute Gasteiger partial charge is 0.320 e. The Bertz CT molecular complexity index is 1990. The molecule has 15 nitrogen and oxygen atoms in total. The number of carboxylic acids is 2. The van der Waals surface area contributed by atoms with E-state index >= 15 is 0 Å². The summed E-state index contributed by atoms with van der Waals surface area (Å²) in [6.07, 6.45) is 5.42. The van der Waals surface area contributed by atoms with Gasteiger partial charge in [-0.2, -0.15) is 0 Å². The third-order valence-electron chi connectivity index (χ3n) is 7.09. The Morgan fingerprint density at radius 1 is 0.733 bits per heavy atom. The van der Waals surface area contributed by atoms with E-state index in [1.54, 1.807) is 12.3 Å². The summed E-state index contributed by atoms with van der Waals surface area (Å²) in [5, 5.41) is 30.9. The number of nitrogens with zero attached hydrogens (tertiary/aromatic N) is 1. The van der Waals surface area contributed by atoms with Gasteiger partial charge in [0.25, 0.3) is 5.69 Å². The van der Waals surface area contributed by atoms with Gasteiger partial charge < -0.3 is 53.8 Å². The molecule has 0 amide bonds. The number of nitrogens with two attached hydrogens (primary N) is 5. The molecule has 0 aliphatic carbocycles. The molecular weight excluding hydrogens is 582 g/mol. The monoisotopic (exact) mass is 615 g/mol. The van der Waals surface area contributed by atoms with E-state index in [2.05, 4.69) is 15.0 Å². The summed E-state index contributed by atoms with van der Waals surface area (Å²) in [7, 11) is 0. The number of benzene rings is 3. The number of fused-ring (bicyclic) bond motifs is 3. The van der Waals surface area contributed by atoms with E-state index in [1.807, 2.05) is 42.6 Å². The second-order valence-corrected chi connectivity index (χ2v) is 10.2. The zero-order valence-electron chi connectivity index (χ0n) is 23.9. The summed E-state index contributed by atoms with van der Waals surface area (Å²) in [6, 6.07) is 14.1. The number of aromatic amines is 3. The van der Waals surface area contributed by atoms with Gasteiger partial charge in [0, 0.05) is 48.3 Å². The van der Waals surface area contributed by atoms with Gasteiger partial charge in [-0.3, -0.25) is 19.7 Å². The van der Waals surface area contributed by atoms with Crippen LogP contribution in [-0.2, 0) is 22.4 Å². The van der Waals surface area contributed by atoms with Crippen molar-refractivity contribution < 1.29 is 24.7 Å². The van der Waals surface area contributed by atoms with E-state index in [-0.39, 0.29) is 12.1 Å². The molecule has 6 aromatic rings. The van der Waals surface area contributed by atoms with Crippen LogP contribution in [0.4, 0.5) is 22.7 Å². The number of carbonyl (C=O) groups is 2. The number of non-ortho nitro benzene ring substituents is 1. The standard InChI is InChI=1S/C11H12N4O4.C11H13N3O2.C8H8N2/c12-6-1-2-8(15(18)19)9-5(4-14-10(6)9)3-7(13)11(16)17;12-8-3-1-2-7-6(5-14-10(7)8)4-9(13)11(15)16;9-7-3-1-2-6-4-5-10-8(6)7/h1-2,4,7,14H,3,12-13H2,(H,16,17);1-3,5,9,14H,4,12-13H2,(H,15,16);1-5,10H,9H2. The molecule has 0 aliphatic rings. The lowest BCUT2D eigenvalue weighted by molar-refractivity contribution is -0.383. The lowest BCUT2D eigenvalue weighted by atomic mass is 10.0. The van der Waals surface area contributed by atoms with Crippen molar-refractivity contribution in [2.24, 2.45) is 11.5 Å². The molecule has 3 aromatic heterocycles. The van der Waals surface area contributed by atoms with Crippen molar-refractivity contribution in [1.29, 1.82) is 0 Å². The molecule has 2 unspecified atom stereocenters. The molecule has 0 saturated heterocycles. The first-order valence-corrected chi connectivity index (χ1v) is 13.5. The fraction of sp³-hybridized carbons (Fsp3) is 0.133. The number of carboxylic acid groups (broad SMARTS) is 2. The van der Waals surface area contributed by atoms with Crippen LogP contribution in [0.15, 0.2) is 73.2 Å². The van der Waals surface area contributed by atoms with Crippen LogP contribution in [0.1, 0.15) is 11.1 Å². The van der Waals surface area contributed by atoms with Crippen molar-refractivity contribution in [1.82, 2.24) is 15.0 Å². The van der Waals surface area contributed by atoms with Crippen LogP contribution in [0.3, 0.4) is 0 Å². The predicted molar refractivity (Wildman–Crippen MR) is 173 cm³/mol. The molecular formula is C30H33N9O6. The first-order valence-electron chi connectivity index (χ1n) is 13.5. The van der Waals surface area contributed by atoms with Crippen molar-refractivity contribution in [3.8, 4) is 0 Å². The van der Waals surface area contributed by atoms with Crippen LogP contribution in [0.25, 0.3) is 32.7 Å². The lowest BCUT2D eigenvalue weighted by Gasteiger charge is -2.05. The largest absolute Gasteiger partial charge is 0.480 e. The highest BCUT2D eigenvalue weighted by molar-refractivity contribution is 5.99. The van der Waals surface area contributed by atoms with Crippen LogP contribution >= 0.6 is 0 Å². The predicted octanol–water partition coefficient (Wildman–Crippen LogP) is 3.07. The van der Waals surface area contributed by atoms with Crippen molar-refractivity contribution in [2.45, 2.75) is 24.9 Å². The molecule has 3 heterocycles. The van der Waals surface area contributed by atoms with Crippen molar-refractivity contribution >= 4 is 67.4 Å². The van der Waals surface area contributed by atoms with Gasteiger partial charge in [0.2, 0.25) is 0 Å². The van der Waals surface area contributed by atoms with Gasteiger partial charge >= 0.3 is 11.9 Å². The molecule has 2 atom stereocenters. The maximum absolute atomic E-state index is 11.0. The first-order chi connectivity index (χ1) is 21.4. The number of hydrogen-bond acceptors (Lipinski definition) is 9. The molecule has 0 saturated carbocycles.